The lowest BCUT2D eigenvalue weighted by Crippen LogP contribution is -1.98. The van der Waals surface area contributed by atoms with Gasteiger partial charge >= 0.3 is 0 Å². The van der Waals surface area contributed by atoms with Crippen molar-refractivity contribution in [3.63, 3.8) is 0 Å². The molecule has 1 aromatic rings. The Hall–Kier alpha value is -1.24. The summed E-state index contributed by atoms with van der Waals surface area (Å²) >= 11 is 0. The molecule has 0 bridgehead atoms. The molecule has 16 heavy (non-hydrogen) atoms. The van der Waals surface area contributed by atoms with Crippen LogP contribution in [0.25, 0.3) is 6.08 Å². The van der Waals surface area contributed by atoms with E-state index in [4.69, 9.17) is 5.73 Å². The third-order valence-electron chi connectivity index (χ3n) is 3.47. The predicted octanol–water partition coefficient (Wildman–Crippen LogP) is 4.18. The van der Waals surface area contributed by atoms with E-state index >= 15 is 0 Å². The predicted molar refractivity (Wildman–Crippen MR) is 71.3 cm³/mol. The van der Waals surface area contributed by atoms with E-state index in [0.717, 1.165) is 12.1 Å². The molecule has 2 rings (SSSR count). The fourth-order valence-electron chi connectivity index (χ4n) is 2.44. The second-order valence-corrected chi connectivity index (χ2v) is 4.64. The average Bonchev–Trinajstić information content (AvgIpc) is 2.33. The summed E-state index contributed by atoms with van der Waals surface area (Å²) in [5.41, 5.74) is 11.2. The van der Waals surface area contributed by atoms with Crippen molar-refractivity contribution in [1.82, 2.24) is 0 Å². The van der Waals surface area contributed by atoms with Gasteiger partial charge in [-0.3, -0.25) is 0 Å². The number of benzene rings is 1. The van der Waals surface area contributed by atoms with Crippen molar-refractivity contribution >= 4 is 11.8 Å². The van der Waals surface area contributed by atoms with Crippen LogP contribution in [-0.2, 0) is 6.42 Å². The van der Waals surface area contributed by atoms with Crippen LogP contribution >= 0.6 is 0 Å². The quantitative estimate of drug-likeness (QED) is 0.736. The molecule has 1 aliphatic carbocycles. The van der Waals surface area contributed by atoms with E-state index in [-0.39, 0.29) is 0 Å². The summed E-state index contributed by atoms with van der Waals surface area (Å²) in [5, 5.41) is 0. The van der Waals surface area contributed by atoms with Crippen LogP contribution in [0.2, 0.25) is 0 Å². The monoisotopic (exact) mass is 215 g/mol. The Labute approximate surface area is 98.4 Å². The lowest BCUT2D eigenvalue weighted by molar-refractivity contribution is 0.602. The molecule has 0 atom stereocenters. The molecule has 2 N–H and O–H groups in total. The van der Waals surface area contributed by atoms with Crippen molar-refractivity contribution in [2.75, 3.05) is 5.73 Å². The molecule has 1 fully saturated rings. The molecule has 1 saturated carbocycles. The van der Waals surface area contributed by atoms with Gasteiger partial charge in [0.2, 0.25) is 0 Å². The Morgan fingerprint density at radius 1 is 1.19 bits per heavy atom. The van der Waals surface area contributed by atoms with Gasteiger partial charge in [-0.25, -0.2) is 0 Å². The first-order valence-corrected chi connectivity index (χ1v) is 6.38. The summed E-state index contributed by atoms with van der Waals surface area (Å²) in [5.74, 6) is 0. The number of rotatable bonds is 2. The van der Waals surface area contributed by atoms with Crippen molar-refractivity contribution < 1.29 is 0 Å². The van der Waals surface area contributed by atoms with Gasteiger partial charge in [-0.05, 0) is 43.2 Å². The maximum Gasteiger partial charge on any atom is 0.0420 e. The highest BCUT2D eigenvalue weighted by Crippen LogP contribution is 2.27. The number of aryl methyl sites for hydroxylation is 1. The highest BCUT2D eigenvalue weighted by Gasteiger charge is 2.07. The third kappa shape index (κ3) is 2.46. The minimum absolute atomic E-state index is 0.975. The number of anilines is 1. The molecular formula is C15H21N. The van der Waals surface area contributed by atoms with Crippen LogP contribution in [0.5, 0.6) is 0 Å². The van der Waals surface area contributed by atoms with E-state index in [1.807, 2.05) is 0 Å². The van der Waals surface area contributed by atoms with E-state index in [2.05, 4.69) is 31.2 Å². The number of nitrogens with two attached hydrogens (primary N) is 1. The van der Waals surface area contributed by atoms with Crippen LogP contribution in [0.15, 0.2) is 23.8 Å². The standard InChI is InChI=1S/C15H21N/c1-2-13-9-6-10-14(15(13)16)11-12-7-4-3-5-8-12/h6,9-11H,2-5,7-8,16H2,1H3. The largest absolute Gasteiger partial charge is 0.398 e. The molecule has 0 unspecified atom stereocenters. The number of nitrogen functional groups attached to an aromatic ring is 1. The smallest absolute Gasteiger partial charge is 0.0420 e. The van der Waals surface area contributed by atoms with Gasteiger partial charge in [0.25, 0.3) is 0 Å². The van der Waals surface area contributed by atoms with Crippen molar-refractivity contribution in [2.24, 2.45) is 0 Å². The van der Waals surface area contributed by atoms with Crippen molar-refractivity contribution in [1.29, 1.82) is 0 Å². The lowest BCUT2D eigenvalue weighted by atomic mass is 9.92. The van der Waals surface area contributed by atoms with Crippen LogP contribution in [-0.4, -0.2) is 0 Å². The van der Waals surface area contributed by atoms with Gasteiger partial charge in [0, 0.05) is 5.69 Å². The van der Waals surface area contributed by atoms with E-state index in [9.17, 15) is 0 Å². The topological polar surface area (TPSA) is 26.0 Å². The van der Waals surface area contributed by atoms with E-state index in [1.54, 1.807) is 5.57 Å². The fraction of sp³-hybridized carbons (Fsp3) is 0.467. The number of para-hydroxylation sites is 1. The van der Waals surface area contributed by atoms with Gasteiger partial charge in [-0.1, -0.05) is 43.2 Å². The second-order valence-electron chi connectivity index (χ2n) is 4.64. The Morgan fingerprint density at radius 3 is 2.62 bits per heavy atom. The van der Waals surface area contributed by atoms with Crippen molar-refractivity contribution in [2.45, 2.75) is 45.4 Å². The Kier molecular flexibility index (Phi) is 3.66. The molecule has 1 heteroatoms. The number of hydrogen-bond donors (Lipinski definition) is 1. The minimum atomic E-state index is 0.975. The van der Waals surface area contributed by atoms with Gasteiger partial charge in [-0.2, -0.15) is 0 Å². The molecule has 0 aromatic heterocycles. The molecule has 0 spiro atoms. The average molecular weight is 215 g/mol. The van der Waals surface area contributed by atoms with E-state index in [1.165, 1.54) is 43.2 Å². The molecule has 0 radical (unpaired) electrons. The van der Waals surface area contributed by atoms with Gasteiger partial charge in [0.1, 0.15) is 0 Å². The zero-order chi connectivity index (χ0) is 11.4. The summed E-state index contributed by atoms with van der Waals surface area (Å²) in [6.07, 6.45) is 9.93. The third-order valence-corrected chi connectivity index (χ3v) is 3.47. The molecule has 1 aromatic carbocycles. The Bertz CT molecular complexity index is 382. The van der Waals surface area contributed by atoms with Gasteiger partial charge in [0.15, 0.2) is 0 Å². The van der Waals surface area contributed by atoms with Crippen LogP contribution in [0.4, 0.5) is 5.69 Å². The summed E-state index contributed by atoms with van der Waals surface area (Å²) in [4.78, 5) is 0. The first-order valence-electron chi connectivity index (χ1n) is 6.38. The van der Waals surface area contributed by atoms with Crippen LogP contribution in [0, 0.1) is 0 Å². The van der Waals surface area contributed by atoms with Crippen molar-refractivity contribution in [3.8, 4) is 0 Å². The summed E-state index contributed by atoms with van der Waals surface area (Å²) in [7, 11) is 0. The first kappa shape index (κ1) is 11.3. The Balaban J connectivity index is 2.26. The van der Waals surface area contributed by atoms with Crippen LogP contribution < -0.4 is 5.73 Å². The molecular weight excluding hydrogens is 194 g/mol. The fourth-order valence-corrected chi connectivity index (χ4v) is 2.44. The summed E-state index contributed by atoms with van der Waals surface area (Å²) in [6.45, 7) is 2.16. The van der Waals surface area contributed by atoms with Gasteiger partial charge < -0.3 is 5.73 Å². The summed E-state index contributed by atoms with van der Waals surface area (Å²) in [6, 6.07) is 6.37. The SMILES string of the molecule is CCc1cccc(C=C2CCCCC2)c1N. The van der Waals surface area contributed by atoms with Crippen molar-refractivity contribution in [3.05, 3.63) is 34.9 Å². The molecule has 1 nitrogen and oxygen atoms in total. The molecule has 0 saturated heterocycles. The molecule has 0 aliphatic heterocycles. The molecule has 86 valence electrons. The lowest BCUT2D eigenvalue weighted by Gasteiger charge is -2.14. The maximum atomic E-state index is 6.17. The van der Waals surface area contributed by atoms with Gasteiger partial charge in [0.05, 0.1) is 0 Å². The zero-order valence-electron chi connectivity index (χ0n) is 10.1. The highest BCUT2D eigenvalue weighted by atomic mass is 14.6. The molecule has 1 aliphatic rings. The number of allylic oxidation sites excluding steroid dienone is 1. The van der Waals surface area contributed by atoms with Crippen LogP contribution in [0.3, 0.4) is 0 Å². The number of hydrogen-bond acceptors (Lipinski definition) is 1. The molecule has 0 heterocycles. The van der Waals surface area contributed by atoms with E-state index in [0.29, 0.717) is 0 Å². The minimum Gasteiger partial charge on any atom is -0.398 e. The highest BCUT2D eigenvalue weighted by molar-refractivity contribution is 5.69. The maximum absolute atomic E-state index is 6.17. The normalized spacial score (nSPS) is 16.2. The zero-order valence-corrected chi connectivity index (χ0v) is 10.1. The summed E-state index contributed by atoms with van der Waals surface area (Å²) < 4.78 is 0. The van der Waals surface area contributed by atoms with Crippen LogP contribution in [0.1, 0.15) is 50.2 Å². The van der Waals surface area contributed by atoms with E-state index < -0.39 is 0 Å². The van der Waals surface area contributed by atoms with Gasteiger partial charge in [-0.15, -0.1) is 0 Å². The second kappa shape index (κ2) is 5.20. The Morgan fingerprint density at radius 2 is 1.94 bits per heavy atom. The first-order chi connectivity index (χ1) is 7.81. The molecule has 0 amide bonds.